The molecular weight excluding hydrogens is 352 g/mol. The van der Waals surface area contributed by atoms with E-state index >= 15 is 0 Å². The minimum absolute atomic E-state index is 0.306. The molecule has 0 aromatic rings. The topological polar surface area (TPSA) is 52.6 Å². The minimum Gasteiger partial charge on any atom is -0.462 e. The molecule has 0 spiro atoms. The van der Waals surface area contributed by atoms with E-state index in [1.807, 2.05) is 0 Å². The Morgan fingerprint density at radius 3 is 1.46 bits per heavy atom. The second-order valence-corrected chi connectivity index (χ2v) is 8.19. The first-order chi connectivity index (χ1) is 13.6. The van der Waals surface area contributed by atoms with Gasteiger partial charge in [-0.15, -0.1) is 0 Å². The van der Waals surface area contributed by atoms with Crippen molar-refractivity contribution in [2.75, 3.05) is 13.2 Å². The molecule has 0 fully saturated rings. The Balaban J connectivity index is 2.66. The van der Waals surface area contributed by atoms with Crippen molar-refractivity contribution in [2.45, 2.75) is 105 Å². The van der Waals surface area contributed by atoms with Gasteiger partial charge in [-0.3, -0.25) is 0 Å². The molecule has 0 bridgehead atoms. The Kier molecular flexibility index (Phi) is 12.9. The molecule has 0 radical (unpaired) electrons. The summed E-state index contributed by atoms with van der Waals surface area (Å²) in [5.41, 5.74) is 1.12. The third-order valence-electron chi connectivity index (χ3n) is 5.95. The lowest BCUT2D eigenvalue weighted by atomic mass is 9.91. The van der Waals surface area contributed by atoms with Crippen LogP contribution in [-0.2, 0) is 19.1 Å². The van der Waals surface area contributed by atoms with Gasteiger partial charge in [0.15, 0.2) is 0 Å². The third kappa shape index (κ3) is 8.79. The fraction of sp³-hybridized carbons (Fsp3) is 0.833. The van der Waals surface area contributed by atoms with E-state index in [0.29, 0.717) is 49.0 Å². The maximum Gasteiger partial charge on any atom is 0.334 e. The minimum atomic E-state index is -0.306. The van der Waals surface area contributed by atoms with Crippen LogP contribution >= 0.6 is 0 Å². The molecule has 1 aliphatic carbocycles. The molecule has 0 N–H and O–H groups in total. The van der Waals surface area contributed by atoms with E-state index in [9.17, 15) is 9.59 Å². The number of esters is 2. The van der Waals surface area contributed by atoms with Gasteiger partial charge in [-0.2, -0.15) is 0 Å². The predicted molar refractivity (Wildman–Crippen MR) is 114 cm³/mol. The lowest BCUT2D eigenvalue weighted by molar-refractivity contribution is -0.144. The summed E-state index contributed by atoms with van der Waals surface area (Å²) in [7, 11) is 0. The second kappa shape index (κ2) is 14.6. The number of unbranched alkanes of at least 4 members (excludes halogenated alkanes) is 2. The molecule has 0 aliphatic heterocycles. The highest BCUT2D eigenvalue weighted by atomic mass is 16.5. The van der Waals surface area contributed by atoms with Crippen molar-refractivity contribution < 1.29 is 19.1 Å². The molecule has 0 saturated heterocycles. The summed E-state index contributed by atoms with van der Waals surface area (Å²) >= 11 is 0. The van der Waals surface area contributed by atoms with Gasteiger partial charge in [0.05, 0.1) is 13.2 Å². The van der Waals surface area contributed by atoms with E-state index < -0.39 is 0 Å². The number of hydrogen-bond acceptors (Lipinski definition) is 4. The zero-order valence-corrected chi connectivity index (χ0v) is 18.7. The molecule has 4 nitrogen and oxygen atoms in total. The maximum absolute atomic E-state index is 12.7. The van der Waals surface area contributed by atoms with Gasteiger partial charge in [0.2, 0.25) is 0 Å². The van der Waals surface area contributed by atoms with E-state index in [2.05, 4.69) is 27.7 Å². The normalized spacial score (nSPS) is 16.6. The first kappa shape index (κ1) is 24.7. The molecule has 4 heteroatoms. The van der Waals surface area contributed by atoms with Gasteiger partial charge in [0.1, 0.15) is 0 Å². The van der Waals surface area contributed by atoms with E-state index in [0.717, 1.165) is 64.2 Å². The lowest BCUT2D eigenvalue weighted by Gasteiger charge is -2.21. The van der Waals surface area contributed by atoms with Crippen LogP contribution in [0.25, 0.3) is 0 Å². The maximum atomic E-state index is 12.7. The monoisotopic (exact) mass is 394 g/mol. The summed E-state index contributed by atoms with van der Waals surface area (Å²) in [6.07, 6.45) is 11.9. The molecule has 1 rings (SSSR count). The lowest BCUT2D eigenvalue weighted by Crippen LogP contribution is -2.23. The van der Waals surface area contributed by atoms with Crippen molar-refractivity contribution in [1.29, 1.82) is 0 Å². The highest BCUT2D eigenvalue weighted by molar-refractivity contribution is 6.00. The van der Waals surface area contributed by atoms with Crippen LogP contribution in [0.2, 0.25) is 0 Å². The van der Waals surface area contributed by atoms with E-state index in [1.165, 1.54) is 0 Å². The van der Waals surface area contributed by atoms with Gasteiger partial charge in [-0.25, -0.2) is 9.59 Å². The third-order valence-corrected chi connectivity index (χ3v) is 5.95. The number of rotatable bonds is 14. The zero-order valence-electron chi connectivity index (χ0n) is 18.7. The summed E-state index contributed by atoms with van der Waals surface area (Å²) < 4.78 is 11.2. The summed E-state index contributed by atoms with van der Waals surface area (Å²) in [5, 5.41) is 0. The standard InChI is InChI=1S/C24H42O4/c1-5-9-13-19(7-3)17-27-23(25)21-15-11-12-16-22(21)24(26)28-18-20(8-4)14-10-6-2/h19-20H,5-18H2,1-4H3. The number of carbonyl (C=O) groups excluding carboxylic acids is 2. The van der Waals surface area contributed by atoms with Crippen LogP contribution in [0.4, 0.5) is 0 Å². The fourth-order valence-electron chi connectivity index (χ4n) is 3.71. The molecule has 28 heavy (non-hydrogen) atoms. The zero-order chi connectivity index (χ0) is 20.8. The molecule has 0 saturated carbocycles. The van der Waals surface area contributed by atoms with Crippen LogP contribution in [0.3, 0.4) is 0 Å². The number of carbonyl (C=O) groups is 2. The Bertz CT molecular complexity index is 451. The average Bonchev–Trinajstić information content (AvgIpc) is 2.73. The summed E-state index contributed by atoms with van der Waals surface area (Å²) in [6, 6.07) is 0. The molecule has 0 aromatic heterocycles. The largest absolute Gasteiger partial charge is 0.462 e. The summed E-state index contributed by atoms with van der Waals surface area (Å²) in [4.78, 5) is 25.3. The highest BCUT2D eigenvalue weighted by Gasteiger charge is 2.27. The van der Waals surface area contributed by atoms with Crippen LogP contribution in [0, 0.1) is 11.8 Å². The van der Waals surface area contributed by atoms with Crippen molar-refractivity contribution in [3.63, 3.8) is 0 Å². The first-order valence-corrected chi connectivity index (χ1v) is 11.6. The molecule has 2 atom stereocenters. The van der Waals surface area contributed by atoms with E-state index in [1.54, 1.807) is 0 Å². The number of hydrogen-bond donors (Lipinski definition) is 0. The van der Waals surface area contributed by atoms with Gasteiger partial charge in [-0.1, -0.05) is 66.2 Å². The van der Waals surface area contributed by atoms with Crippen molar-refractivity contribution in [3.05, 3.63) is 11.1 Å². The van der Waals surface area contributed by atoms with Crippen molar-refractivity contribution in [1.82, 2.24) is 0 Å². The molecule has 2 unspecified atom stereocenters. The summed E-state index contributed by atoms with van der Waals surface area (Å²) in [5.74, 6) is 0.207. The van der Waals surface area contributed by atoms with Gasteiger partial charge in [0.25, 0.3) is 0 Å². The Morgan fingerprint density at radius 2 is 1.14 bits per heavy atom. The van der Waals surface area contributed by atoms with E-state index in [-0.39, 0.29) is 11.9 Å². The van der Waals surface area contributed by atoms with Gasteiger partial charge < -0.3 is 9.47 Å². The molecule has 1 aliphatic rings. The second-order valence-electron chi connectivity index (χ2n) is 8.19. The molecule has 0 amide bonds. The van der Waals surface area contributed by atoms with Crippen molar-refractivity contribution >= 4 is 11.9 Å². The van der Waals surface area contributed by atoms with Gasteiger partial charge in [-0.05, 0) is 50.4 Å². The van der Waals surface area contributed by atoms with Crippen molar-refractivity contribution in [2.24, 2.45) is 11.8 Å². The quantitative estimate of drug-likeness (QED) is 0.321. The van der Waals surface area contributed by atoms with Gasteiger partial charge in [0, 0.05) is 11.1 Å². The van der Waals surface area contributed by atoms with Crippen molar-refractivity contribution in [3.8, 4) is 0 Å². The SMILES string of the molecule is CCCCC(CC)COC(=O)C1=C(C(=O)OCC(CC)CCCC)CCCC1. The van der Waals surface area contributed by atoms with Crippen LogP contribution < -0.4 is 0 Å². The number of ether oxygens (including phenoxy) is 2. The van der Waals surface area contributed by atoms with Crippen LogP contribution in [0.5, 0.6) is 0 Å². The molecule has 162 valence electrons. The average molecular weight is 395 g/mol. The molecular formula is C24H42O4. The first-order valence-electron chi connectivity index (χ1n) is 11.6. The Hall–Kier alpha value is -1.32. The van der Waals surface area contributed by atoms with Crippen LogP contribution in [-0.4, -0.2) is 25.2 Å². The van der Waals surface area contributed by atoms with Crippen LogP contribution in [0.15, 0.2) is 11.1 Å². The fourth-order valence-corrected chi connectivity index (χ4v) is 3.71. The van der Waals surface area contributed by atoms with E-state index in [4.69, 9.17) is 9.47 Å². The predicted octanol–water partition coefficient (Wildman–Crippen LogP) is 6.38. The molecule has 0 heterocycles. The van der Waals surface area contributed by atoms with Gasteiger partial charge >= 0.3 is 11.9 Å². The smallest absolute Gasteiger partial charge is 0.334 e. The van der Waals surface area contributed by atoms with Crippen LogP contribution in [0.1, 0.15) is 105 Å². The Labute approximate surface area is 172 Å². The summed E-state index contributed by atoms with van der Waals surface area (Å²) in [6.45, 7) is 9.54. The molecule has 0 aromatic carbocycles. The Morgan fingerprint density at radius 1 is 0.750 bits per heavy atom. The highest BCUT2D eigenvalue weighted by Crippen LogP contribution is 2.27.